The minimum Gasteiger partial charge on any atom is -0.0788 e. The van der Waals surface area contributed by atoms with Crippen LogP contribution >= 0.6 is 0 Å². The molecule has 12 heavy (non-hydrogen) atoms. The molecule has 0 heteroatoms. The molecule has 68 valence electrons. The van der Waals surface area contributed by atoms with Crippen LogP contribution in [-0.4, -0.2) is 0 Å². The molecule has 0 saturated heterocycles. The van der Waals surface area contributed by atoms with E-state index in [1.165, 1.54) is 38.5 Å². The van der Waals surface area contributed by atoms with Crippen LogP contribution in [0.15, 0.2) is 11.6 Å². The maximum Gasteiger partial charge on any atom is -0.0112 e. The van der Waals surface area contributed by atoms with Crippen LogP contribution in [-0.2, 0) is 0 Å². The number of rotatable bonds is 1. The molecule has 1 fully saturated rings. The lowest BCUT2D eigenvalue weighted by Gasteiger charge is -2.18. The molecule has 0 atom stereocenters. The topological polar surface area (TPSA) is 0 Å². The van der Waals surface area contributed by atoms with Gasteiger partial charge in [-0.3, -0.25) is 0 Å². The molecule has 2 aliphatic carbocycles. The van der Waals surface area contributed by atoms with Crippen molar-refractivity contribution in [3.05, 3.63) is 11.6 Å². The fraction of sp³-hybridized carbons (Fsp3) is 0.833. The molecule has 0 N–H and O–H groups in total. The van der Waals surface area contributed by atoms with E-state index in [2.05, 4.69) is 19.9 Å². The van der Waals surface area contributed by atoms with Gasteiger partial charge in [0.2, 0.25) is 0 Å². The summed E-state index contributed by atoms with van der Waals surface area (Å²) in [5.41, 5.74) is 2.41. The Morgan fingerprint density at radius 1 is 1.17 bits per heavy atom. The summed E-state index contributed by atoms with van der Waals surface area (Å²) in [6.07, 6.45) is 11.4. The van der Waals surface area contributed by atoms with Gasteiger partial charge in [0, 0.05) is 0 Å². The van der Waals surface area contributed by atoms with Crippen molar-refractivity contribution in [1.29, 1.82) is 0 Å². The first-order chi connectivity index (χ1) is 5.72. The molecule has 0 heterocycles. The zero-order valence-corrected chi connectivity index (χ0v) is 8.40. The van der Waals surface area contributed by atoms with Crippen molar-refractivity contribution < 1.29 is 0 Å². The van der Waals surface area contributed by atoms with Crippen LogP contribution in [0.2, 0.25) is 0 Å². The van der Waals surface area contributed by atoms with Gasteiger partial charge in [0.1, 0.15) is 0 Å². The molecule has 1 saturated carbocycles. The Morgan fingerprint density at radius 2 is 1.83 bits per heavy atom. The van der Waals surface area contributed by atoms with Crippen molar-refractivity contribution in [3.63, 3.8) is 0 Å². The molecule has 0 aliphatic heterocycles. The number of hydrogen-bond acceptors (Lipinski definition) is 0. The third-order valence-corrected chi connectivity index (χ3v) is 3.74. The Labute approximate surface area is 76.1 Å². The molecule has 0 nitrogen and oxygen atoms in total. The van der Waals surface area contributed by atoms with E-state index in [1.54, 1.807) is 5.57 Å². The zero-order valence-electron chi connectivity index (χ0n) is 8.40. The molecule has 0 amide bonds. The van der Waals surface area contributed by atoms with E-state index in [9.17, 15) is 0 Å². The smallest absolute Gasteiger partial charge is 0.0112 e. The zero-order chi connectivity index (χ0) is 8.60. The van der Waals surface area contributed by atoms with E-state index in [1.807, 2.05) is 0 Å². The third-order valence-electron chi connectivity index (χ3n) is 3.74. The molecule has 0 aromatic carbocycles. The average molecular weight is 164 g/mol. The van der Waals surface area contributed by atoms with Crippen molar-refractivity contribution in [3.8, 4) is 0 Å². The largest absolute Gasteiger partial charge is 0.0788 e. The van der Waals surface area contributed by atoms with E-state index in [0.29, 0.717) is 5.41 Å². The van der Waals surface area contributed by atoms with Gasteiger partial charge in [0.15, 0.2) is 0 Å². The second-order valence-corrected chi connectivity index (χ2v) is 4.94. The maximum atomic E-state index is 2.63. The van der Waals surface area contributed by atoms with Crippen LogP contribution in [0.5, 0.6) is 0 Å². The second kappa shape index (κ2) is 2.90. The Bertz CT molecular complexity index is 192. The molecule has 0 radical (unpaired) electrons. The summed E-state index contributed by atoms with van der Waals surface area (Å²) in [4.78, 5) is 0. The SMILES string of the molecule is CC(C)C1=CC2(CCCC2)CC1. The number of hydrogen-bond donors (Lipinski definition) is 0. The Morgan fingerprint density at radius 3 is 2.33 bits per heavy atom. The van der Waals surface area contributed by atoms with Gasteiger partial charge in [-0.1, -0.05) is 38.3 Å². The average Bonchev–Trinajstić information content (AvgIpc) is 2.62. The summed E-state index contributed by atoms with van der Waals surface area (Å²) in [6.45, 7) is 4.67. The minimum atomic E-state index is 0.680. The Kier molecular flexibility index (Phi) is 2.02. The Hall–Kier alpha value is -0.260. The molecular formula is C12H20. The molecule has 2 aliphatic rings. The van der Waals surface area contributed by atoms with Gasteiger partial charge in [-0.2, -0.15) is 0 Å². The predicted octanol–water partition coefficient (Wildman–Crippen LogP) is 3.92. The molecule has 0 aromatic rings. The standard InChI is InChI=1S/C12H20/c1-10(2)11-5-8-12(9-11)6-3-4-7-12/h9-10H,3-8H2,1-2H3. The lowest BCUT2D eigenvalue weighted by atomic mass is 9.86. The van der Waals surface area contributed by atoms with E-state index in [0.717, 1.165) is 5.92 Å². The van der Waals surface area contributed by atoms with Gasteiger partial charge in [0.25, 0.3) is 0 Å². The van der Waals surface area contributed by atoms with Gasteiger partial charge in [-0.15, -0.1) is 0 Å². The van der Waals surface area contributed by atoms with Crippen molar-refractivity contribution in [2.45, 2.75) is 52.4 Å². The fourth-order valence-electron chi connectivity index (χ4n) is 2.86. The van der Waals surface area contributed by atoms with E-state index < -0.39 is 0 Å². The minimum absolute atomic E-state index is 0.680. The van der Waals surface area contributed by atoms with E-state index in [4.69, 9.17) is 0 Å². The van der Waals surface area contributed by atoms with Crippen LogP contribution < -0.4 is 0 Å². The second-order valence-electron chi connectivity index (χ2n) is 4.94. The van der Waals surface area contributed by atoms with Gasteiger partial charge in [-0.25, -0.2) is 0 Å². The normalized spacial score (nSPS) is 27.1. The van der Waals surface area contributed by atoms with Crippen molar-refractivity contribution in [1.82, 2.24) is 0 Å². The lowest BCUT2D eigenvalue weighted by Crippen LogP contribution is -2.07. The molecule has 1 spiro atoms. The van der Waals surface area contributed by atoms with E-state index >= 15 is 0 Å². The van der Waals surface area contributed by atoms with Gasteiger partial charge in [-0.05, 0) is 37.0 Å². The fourth-order valence-corrected chi connectivity index (χ4v) is 2.86. The summed E-state index contributed by atoms with van der Waals surface area (Å²) in [5, 5.41) is 0. The van der Waals surface area contributed by atoms with Crippen LogP contribution in [0, 0.1) is 11.3 Å². The molecule has 0 aromatic heterocycles. The molecule has 2 rings (SSSR count). The predicted molar refractivity (Wildman–Crippen MR) is 53.1 cm³/mol. The first-order valence-corrected chi connectivity index (χ1v) is 5.43. The van der Waals surface area contributed by atoms with E-state index in [-0.39, 0.29) is 0 Å². The van der Waals surface area contributed by atoms with Gasteiger partial charge < -0.3 is 0 Å². The highest BCUT2D eigenvalue weighted by Crippen LogP contribution is 2.49. The highest BCUT2D eigenvalue weighted by molar-refractivity contribution is 5.19. The quantitative estimate of drug-likeness (QED) is 0.515. The highest BCUT2D eigenvalue weighted by atomic mass is 14.4. The number of allylic oxidation sites excluding steroid dienone is 2. The summed E-state index contributed by atoms with van der Waals surface area (Å²) in [7, 11) is 0. The van der Waals surface area contributed by atoms with Crippen molar-refractivity contribution >= 4 is 0 Å². The van der Waals surface area contributed by atoms with Crippen LogP contribution in [0.4, 0.5) is 0 Å². The first-order valence-electron chi connectivity index (χ1n) is 5.43. The lowest BCUT2D eigenvalue weighted by molar-refractivity contribution is 0.389. The summed E-state index contributed by atoms with van der Waals surface area (Å²) >= 11 is 0. The molecule has 0 unspecified atom stereocenters. The monoisotopic (exact) mass is 164 g/mol. The van der Waals surface area contributed by atoms with Crippen LogP contribution in [0.1, 0.15) is 52.4 Å². The summed E-state index contributed by atoms with van der Waals surface area (Å²) in [6, 6.07) is 0. The summed E-state index contributed by atoms with van der Waals surface area (Å²) < 4.78 is 0. The van der Waals surface area contributed by atoms with Crippen molar-refractivity contribution in [2.24, 2.45) is 11.3 Å². The molecular weight excluding hydrogens is 144 g/mol. The first kappa shape index (κ1) is 8.34. The van der Waals surface area contributed by atoms with Crippen LogP contribution in [0.3, 0.4) is 0 Å². The van der Waals surface area contributed by atoms with Gasteiger partial charge >= 0.3 is 0 Å². The summed E-state index contributed by atoms with van der Waals surface area (Å²) in [5.74, 6) is 0.796. The maximum absolute atomic E-state index is 2.63. The van der Waals surface area contributed by atoms with Gasteiger partial charge in [0.05, 0.1) is 0 Å². The third kappa shape index (κ3) is 1.32. The van der Waals surface area contributed by atoms with Crippen molar-refractivity contribution in [2.75, 3.05) is 0 Å². The Balaban J connectivity index is 2.12. The highest BCUT2D eigenvalue weighted by Gasteiger charge is 2.35. The molecule has 0 bridgehead atoms. The van der Waals surface area contributed by atoms with Crippen LogP contribution in [0.25, 0.3) is 0 Å².